The van der Waals surface area contributed by atoms with Crippen molar-refractivity contribution >= 4 is 17.6 Å². The Labute approximate surface area is 101 Å². The van der Waals surface area contributed by atoms with Crippen LogP contribution >= 0.6 is 0 Å². The molecule has 9 heteroatoms. The second kappa shape index (κ2) is 5.25. The Morgan fingerprint density at radius 1 is 1.39 bits per heavy atom. The summed E-state index contributed by atoms with van der Waals surface area (Å²) in [6.07, 6.45) is -0.406. The highest BCUT2D eigenvalue weighted by molar-refractivity contribution is 5.68. The highest BCUT2D eigenvalue weighted by Gasteiger charge is 2.31. The third-order valence-electron chi connectivity index (χ3n) is 1.80. The molecule has 0 N–H and O–H groups in total. The number of aryl methyl sites for hydroxylation is 1. The van der Waals surface area contributed by atoms with E-state index in [2.05, 4.69) is 14.6 Å². The number of nitrogens with zero attached hydrogens (tertiary/aromatic N) is 3. The Balaban J connectivity index is 3.14. The van der Waals surface area contributed by atoms with E-state index in [1.54, 1.807) is 0 Å². The Bertz CT molecular complexity index is 478. The molecule has 0 fully saturated rings. The van der Waals surface area contributed by atoms with E-state index in [4.69, 9.17) is 0 Å². The second-order valence-electron chi connectivity index (χ2n) is 3.38. The van der Waals surface area contributed by atoms with E-state index in [1.165, 1.54) is 7.05 Å². The van der Waals surface area contributed by atoms with Crippen molar-refractivity contribution < 1.29 is 24.0 Å². The summed E-state index contributed by atoms with van der Waals surface area (Å²) in [7, 11) is 1.45. The largest absolute Gasteiger partial charge is 0.419 e. The fraction of sp³-hybridized carbons (Fsp3) is 0.444. The molecule has 0 unspecified atom stereocenters. The van der Waals surface area contributed by atoms with E-state index >= 15 is 0 Å². The molecule has 0 atom stereocenters. The van der Waals surface area contributed by atoms with Crippen LogP contribution in [-0.2, 0) is 26.1 Å². The first-order chi connectivity index (χ1) is 8.31. The maximum absolute atomic E-state index is 10.9. The number of hydrogen-bond acceptors (Lipinski definition) is 7. The minimum atomic E-state index is -1.53. The van der Waals surface area contributed by atoms with Gasteiger partial charge in [0.1, 0.15) is 6.20 Å². The molecule has 0 aliphatic carbocycles. The number of nitro groups is 1. The Kier molecular flexibility index (Phi) is 3.97. The molecular formula is C9H11N3O6. The number of carbonyl (C=O) groups is 2. The number of hydrogen-bond donors (Lipinski definition) is 0. The number of ether oxygens (including phenoxy) is 2. The molecule has 0 spiro atoms. The lowest BCUT2D eigenvalue weighted by Crippen LogP contribution is -2.16. The summed E-state index contributed by atoms with van der Waals surface area (Å²) in [6.45, 7) is 2.18. The summed E-state index contributed by atoms with van der Waals surface area (Å²) in [6, 6.07) is 0. The number of rotatable bonds is 4. The summed E-state index contributed by atoms with van der Waals surface area (Å²) in [4.78, 5) is 31.8. The zero-order chi connectivity index (χ0) is 13.9. The normalized spacial score (nSPS) is 10.2. The molecule has 1 heterocycles. The molecular weight excluding hydrogens is 246 g/mol. The fourth-order valence-electron chi connectivity index (χ4n) is 1.24. The van der Waals surface area contributed by atoms with Crippen LogP contribution in [0.1, 0.15) is 25.8 Å². The van der Waals surface area contributed by atoms with Crippen molar-refractivity contribution in [1.82, 2.24) is 9.78 Å². The van der Waals surface area contributed by atoms with Crippen molar-refractivity contribution in [3.63, 3.8) is 0 Å². The molecule has 0 saturated carbocycles. The van der Waals surface area contributed by atoms with Crippen molar-refractivity contribution in [2.24, 2.45) is 7.05 Å². The van der Waals surface area contributed by atoms with Gasteiger partial charge in [0.25, 0.3) is 6.29 Å². The van der Waals surface area contributed by atoms with E-state index < -0.39 is 28.8 Å². The molecule has 0 aromatic carbocycles. The molecule has 0 aliphatic heterocycles. The summed E-state index contributed by atoms with van der Waals surface area (Å²) in [5.74, 6) is -1.50. The van der Waals surface area contributed by atoms with Crippen LogP contribution < -0.4 is 0 Å². The van der Waals surface area contributed by atoms with Crippen LogP contribution in [0.3, 0.4) is 0 Å². The first kappa shape index (κ1) is 13.6. The maximum Gasteiger partial charge on any atom is 0.317 e. The van der Waals surface area contributed by atoms with E-state index in [0.29, 0.717) is 0 Å². The highest BCUT2D eigenvalue weighted by Crippen LogP contribution is 2.27. The smallest absolute Gasteiger partial charge is 0.317 e. The van der Waals surface area contributed by atoms with Crippen LogP contribution in [0, 0.1) is 10.1 Å². The number of carbonyl (C=O) groups excluding carboxylic acids is 2. The molecule has 0 radical (unpaired) electrons. The van der Waals surface area contributed by atoms with Gasteiger partial charge in [-0.05, 0) is 0 Å². The standard InChI is InChI=1S/C9H11N3O6/c1-5(13)17-9(18-6(2)14)8-7(12(15)16)4-11(3)10-8/h4,9H,1-3H3. The number of esters is 2. The highest BCUT2D eigenvalue weighted by atomic mass is 16.7. The molecule has 9 nitrogen and oxygen atoms in total. The average Bonchev–Trinajstić information content (AvgIpc) is 2.58. The van der Waals surface area contributed by atoms with E-state index in [0.717, 1.165) is 24.7 Å². The minimum absolute atomic E-state index is 0.243. The van der Waals surface area contributed by atoms with E-state index in [-0.39, 0.29) is 5.69 Å². The SMILES string of the molecule is CC(=O)OC(OC(C)=O)c1nn(C)cc1[N+](=O)[O-]. The van der Waals surface area contributed by atoms with Crippen LogP contribution in [0.15, 0.2) is 6.20 Å². The van der Waals surface area contributed by atoms with Crippen LogP contribution in [0.5, 0.6) is 0 Å². The monoisotopic (exact) mass is 257 g/mol. The second-order valence-corrected chi connectivity index (χ2v) is 3.38. The van der Waals surface area contributed by atoms with Crippen molar-refractivity contribution in [3.05, 3.63) is 22.0 Å². The molecule has 98 valence electrons. The Morgan fingerprint density at radius 3 is 2.28 bits per heavy atom. The Hall–Kier alpha value is -2.45. The lowest BCUT2D eigenvalue weighted by molar-refractivity contribution is -0.386. The van der Waals surface area contributed by atoms with E-state index in [9.17, 15) is 19.7 Å². The van der Waals surface area contributed by atoms with Crippen LogP contribution in [0.2, 0.25) is 0 Å². The molecule has 0 aliphatic rings. The van der Waals surface area contributed by atoms with Gasteiger partial charge in [0, 0.05) is 20.9 Å². The molecule has 0 bridgehead atoms. The van der Waals surface area contributed by atoms with Gasteiger partial charge in [0.05, 0.1) is 4.92 Å². The average molecular weight is 257 g/mol. The molecule has 1 aromatic rings. The molecule has 1 aromatic heterocycles. The molecule has 18 heavy (non-hydrogen) atoms. The quantitative estimate of drug-likeness (QED) is 0.333. The topological polar surface area (TPSA) is 114 Å². The first-order valence-corrected chi connectivity index (χ1v) is 4.83. The van der Waals surface area contributed by atoms with Gasteiger partial charge in [-0.2, -0.15) is 5.10 Å². The zero-order valence-electron chi connectivity index (χ0n) is 9.95. The van der Waals surface area contributed by atoms with E-state index in [1.807, 2.05) is 0 Å². The van der Waals surface area contributed by atoms with Gasteiger partial charge in [-0.25, -0.2) is 0 Å². The first-order valence-electron chi connectivity index (χ1n) is 4.83. The fourth-order valence-corrected chi connectivity index (χ4v) is 1.24. The maximum atomic E-state index is 10.9. The van der Waals surface area contributed by atoms with Crippen LogP contribution in [0.4, 0.5) is 5.69 Å². The predicted molar refractivity (Wildman–Crippen MR) is 56.1 cm³/mol. The predicted octanol–water partition coefficient (Wildman–Crippen LogP) is 0.453. The van der Waals surface area contributed by atoms with Crippen molar-refractivity contribution in [2.75, 3.05) is 0 Å². The van der Waals surface area contributed by atoms with Crippen molar-refractivity contribution in [3.8, 4) is 0 Å². The minimum Gasteiger partial charge on any atom is -0.419 e. The van der Waals surface area contributed by atoms with Gasteiger partial charge in [0.15, 0.2) is 0 Å². The summed E-state index contributed by atoms with van der Waals surface area (Å²) in [5, 5.41) is 14.5. The van der Waals surface area contributed by atoms with Crippen LogP contribution in [0.25, 0.3) is 0 Å². The lowest BCUT2D eigenvalue weighted by atomic mass is 10.3. The van der Waals surface area contributed by atoms with Gasteiger partial charge in [-0.15, -0.1) is 0 Å². The summed E-state index contributed by atoms with van der Waals surface area (Å²) < 4.78 is 10.5. The van der Waals surface area contributed by atoms with Crippen LogP contribution in [-0.4, -0.2) is 26.6 Å². The van der Waals surface area contributed by atoms with Crippen molar-refractivity contribution in [2.45, 2.75) is 20.1 Å². The third kappa shape index (κ3) is 3.27. The van der Waals surface area contributed by atoms with Crippen molar-refractivity contribution in [1.29, 1.82) is 0 Å². The molecule has 0 saturated heterocycles. The van der Waals surface area contributed by atoms with Gasteiger partial charge in [-0.3, -0.25) is 24.4 Å². The van der Waals surface area contributed by atoms with Gasteiger partial charge in [-0.1, -0.05) is 0 Å². The number of aromatic nitrogens is 2. The van der Waals surface area contributed by atoms with Gasteiger partial charge >= 0.3 is 17.6 Å². The molecule has 0 amide bonds. The summed E-state index contributed by atoms with van der Waals surface area (Å²) in [5.41, 5.74) is -0.641. The lowest BCUT2D eigenvalue weighted by Gasteiger charge is -2.13. The van der Waals surface area contributed by atoms with Gasteiger partial charge in [0.2, 0.25) is 5.69 Å². The summed E-state index contributed by atoms with van der Waals surface area (Å²) >= 11 is 0. The molecule has 1 rings (SSSR count). The van der Waals surface area contributed by atoms with Gasteiger partial charge < -0.3 is 9.47 Å². The Morgan fingerprint density at radius 2 is 1.89 bits per heavy atom. The third-order valence-corrected chi connectivity index (χ3v) is 1.80. The zero-order valence-corrected chi connectivity index (χ0v) is 9.95.